The van der Waals surface area contributed by atoms with E-state index in [9.17, 15) is 0 Å². The van der Waals surface area contributed by atoms with Gasteiger partial charge in [0.2, 0.25) is 0 Å². The lowest BCUT2D eigenvalue weighted by molar-refractivity contribution is 0.654. The molecule has 0 aliphatic heterocycles. The molecule has 22 heavy (non-hydrogen) atoms. The summed E-state index contributed by atoms with van der Waals surface area (Å²) in [7, 11) is 0. The summed E-state index contributed by atoms with van der Waals surface area (Å²) in [5, 5.41) is 0. The van der Waals surface area contributed by atoms with Crippen molar-refractivity contribution < 1.29 is 0 Å². The summed E-state index contributed by atoms with van der Waals surface area (Å²) in [6.45, 7) is 15.1. The molecule has 0 N–H and O–H groups in total. The van der Waals surface area contributed by atoms with Gasteiger partial charge in [-0.2, -0.15) is 0 Å². The van der Waals surface area contributed by atoms with E-state index in [0.717, 1.165) is 12.3 Å². The molecule has 120 valence electrons. The van der Waals surface area contributed by atoms with E-state index in [1.165, 1.54) is 22.3 Å². The Balaban J connectivity index is 0.000000354. The molecule has 0 bridgehead atoms. The summed E-state index contributed by atoms with van der Waals surface area (Å²) >= 11 is 0. The molecule has 0 spiro atoms. The number of hydrogen-bond donors (Lipinski definition) is 0. The van der Waals surface area contributed by atoms with E-state index >= 15 is 0 Å². The summed E-state index contributed by atoms with van der Waals surface area (Å²) in [6, 6.07) is 8.77. The predicted octanol–water partition coefficient (Wildman–Crippen LogP) is 6.94. The predicted molar refractivity (Wildman–Crippen MR) is 101 cm³/mol. The number of fused-ring (bicyclic) bond motifs is 2. The molecule has 1 aromatic rings. The van der Waals surface area contributed by atoms with Crippen LogP contribution in [0.4, 0.5) is 0 Å². The average molecular weight is 296 g/mol. The molecule has 1 aromatic carbocycles. The van der Waals surface area contributed by atoms with Crippen LogP contribution in [-0.2, 0) is 5.41 Å². The van der Waals surface area contributed by atoms with Crippen LogP contribution in [0.3, 0.4) is 0 Å². The van der Waals surface area contributed by atoms with Crippen molar-refractivity contribution in [2.45, 2.75) is 60.3 Å². The van der Waals surface area contributed by atoms with Crippen molar-refractivity contribution in [1.29, 1.82) is 0 Å². The van der Waals surface area contributed by atoms with Crippen molar-refractivity contribution in [2.24, 2.45) is 5.92 Å². The van der Waals surface area contributed by atoms with Gasteiger partial charge in [0.1, 0.15) is 0 Å². The van der Waals surface area contributed by atoms with E-state index in [-0.39, 0.29) is 5.41 Å². The first-order valence-corrected chi connectivity index (χ1v) is 8.62. The summed E-state index contributed by atoms with van der Waals surface area (Å²) in [5.41, 5.74) is 5.88. The molecule has 0 nitrogen and oxygen atoms in total. The maximum absolute atomic E-state index is 2.32. The molecule has 0 atom stereocenters. The van der Waals surface area contributed by atoms with Crippen LogP contribution in [-0.4, -0.2) is 0 Å². The van der Waals surface area contributed by atoms with Crippen molar-refractivity contribution in [3.8, 4) is 0 Å². The lowest BCUT2D eigenvalue weighted by atomic mass is 9.81. The maximum atomic E-state index is 2.32. The van der Waals surface area contributed by atoms with Gasteiger partial charge in [-0.15, -0.1) is 0 Å². The highest BCUT2D eigenvalue weighted by Gasteiger charge is 2.35. The minimum absolute atomic E-state index is 0.150. The van der Waals surface area contributed by atoms with Crippen LogP contribution in [0.5, 0.6) is 0 Å². The van der Waals surface area contributed by atoms with E-state index in [1.807, 2.05) is 13.8 Å². The molecule has 3 rings (SSSR count). The molecule has 0 saturated carbocycles. The third-order valence-electron chi connectivity index (χ3n) is 3.70. The van der Waals surface area contributed by atoms with Gasteiger partial charge in [-0.1, -0.05) is 97.0 Å². The van der Waals surface area contributed by atoms with E-state index in [1.54, 1.807) is 0 Å². The zero-order valence-electron chi connectivity index (χ0n) is 15.4. The summed E-state index contributed by atoms with van der Waals surface area (Å²) in [6.07, 6.45) is 10.1. The Labute approximate surface area is 137 Å². The first-order valence-electron chi connectivity index (χ1n) is 8.62. The van der Waals surface area contributed by atoms with E-state index in [4.69, 9.17) is 0 Å². The molecule has 0 radical (unpaired) electrons. The minimum atomic E-state index is 0.150. The van der Waals surface area contributed by atoms with Gasteiger partial charge >= 0.3 is 0 Å². The largest absolute Gasteiger partial charge is 0.0804 e. The third kappa shape index (κ3) is 4.00. The van der Waals surface area contributed by atoms with Gasteiger partial charge in [-0.25, -0.2) is 0 Å². The summed E-state index contributed by atoms with van der Waals surface area (Å²) in [4.78, 5) is 0. The normalized spacial score (nSPS) is 16.9. The Morgan fingerprint density at radius 1 is 0.909 bits per heavy atom. The van der Waals surface area contributed by atoms with Gasteiger partial charge in [-0.3, -0.25) is 0 Å². The molecule has 2 aliphatic carbocycles. The summed E-state index contributed by atoms with van der Waals surface area (Å²) in [5.74, 6) is 0.833. The second kappa shape index (κ2) is 8.17. The van der Waals surface area contributed by atoms with Crippen molar-refractivity contribution in [2.75, 3.05) is 0 Å². The van der Waals surface area contributed by atoms with Gasteiger partial charge in [0.05, 0.1) is 0 Å². The zero-order valence-corrected chi connectivity index (χ0v) is 15.4. The van der Waals surface area contributed by atoms with Gasteiger partial charge in [0, 0.05) is 5.41 Å². The monoisotopic (exact) mass is 296 g/mol. The molecule has 0 heteroatoms. The quantitative estimate of drug-likeness (QED) is 0.486. The molecular formula is C22H32. The highest BCUT2D eigenvalue weighted by molar-refractivity contribution is 5.88. The molecule has 2 aliphatic rings. The second-order valence-electron chi connectivity index (χ2n) is 6.77. The number of benzene rings is 1. The molecule has 0 fully saturated rings. The number of rotatable bonds is 0. The average Bonchev–Trinajstić information content (AvgIpc) is 2.67. The fraction of sp³-hybridized carbons (Fsp3) is 0.455. The SMILES string of the molecule is CC.CC(C)C.CC1(C)C2=C(C=CCC=C2)c2ccccc21. The maximum Gasteiger partial charge on any atom is 0.0158 e. The summed E-state index contributed by atoms with van der Waals surface area (Å²) < 4.78 is 0. The van der Waals surface area contributed by atoms with Gasteiger partial charge in [-0.05, 0) is 34.6 Å². The number of hydrogen-bond acceptors (Lipinski definition) is 0. The van der Waals surface area contributed by atoms with Crippen molar-refractivity contribution >= 4 is 5.57 Å². The first kappa shape index (κ1) is 18.5. The van der Waals surface area contributed by atoms with Crippen LogP contribution in [0.2, 0.25) is 0 Å². The fourth-order valence-electron chi connectivity index (χ4n) is 2.82. The van der Waals surface area contributed by atoms with Gasteiger partial charge in [0.25, 0.3) is 0 Å². The van der Waals surface area contributed by atoms with Crippen molar-refractivity contribution in [1.82, 2.24) is 0 Å². The molecule has 0 unspecified atom stereocenters. The van der Waals surface area contributed by atoms with Crippen LogP contribution in [0, 0.1) is 5.92 Å². The Hall–Kier alpha value is -1.56. The standard InChI is InChI=1S/C16H16.C4H10.C2H6/c1-16(2)14-10-5-3-4-8-12(14)13-9-6-7-11-15(13)16;1-4(2)3;1-2/h4-11H,3H2,1-2H3;4H,1-3H3;1-2H3. The van der Waals surface area contributed by atoms with Crippen LogP contribution in [0.15, 0.2) is 54.1 Å². The molecule has 0 amide bonds. The highest BCUT2D eigenvalue weighted by Crippen LogP contribution is 2.47. The topological polar surface area (TPSA) is 0 Å². The highest BCUT2D eigenvalue weighted by atomic mass is 14.4. The van der Waals surface area contributed by atoms with Crippen molar-refractivity contribution in [3.63, 3.8) is 0 Å². The van der Waals surface area contributed by atoms with Crippen LogP contribution < -0.4 is 0 Å². The lowest BCUT2D eigenvalue weighted by Gasteiger charge is -2.22. The van der Waals surface area contributed by atoms with E-state index in [0.29, 0.717) is 0 Å². The van der Waals surface area contributed by atoms with Crippen molar-refractivity contribution in [3.05, 3.63) is 65.3 Å². The second-order valence-corrected chi connectivity index (χ2v) is 6.77. The van der Waals surface area contributed by atoms with Gasteiger partial charge < -0.3 is 0 Å². The van der Waals surface area contributed by atoms with E-state index in [2.05, 4.69) is 83.2 Å². The molecule has 0 heterocycles. The van der Waals surface area contributed by atoms with Crippen LogP contribution in [0.1, 0.15) is 66.0 Å². The smallest absolute Gasteiger partial charge is 0.0158 e. The fourth-order valence-corrected chi connectivity index (χ4v) is 2.82. The molecular weight excluding hydrogens is 264 g/mol. The minimum Gasteiger partial charge on any atom is -0.0804 e. The van der Waals surface area contributed by atoms with Crippen LogP contribution >= 0.6 is 0 Å². The Morgan fingerprint density at radius 2 is 1.45 bits per heavy atom. The van der Waals surface area contributed by atoms with Gasteiger partial charge in [0.15, 0.2) is 0 Å². The Bertz CT molecular complexity index is 563. The third-order valence-corrected chi connectivity index (χ3v) is 3.70. The lowest BCUT2D eigenvalue weighted by Crippen LogP contribution is -2.15. The Morgan fingerprint density at radius 3 is 2.09 bits per heavy atom. The molecule has 0 aromatic heterocycles. The number of allylic oxidation sites excluding steroid dienone is 6. The molecule has 0 saturated heterocycles. The Kier molecular flexibility index (Phi) is 6.87. The first-order chi connectivity index (χ1) is 10.4. The van der Waals surface area contributed by atoms with Crippen LogP contribution in [0.25, 0.3) is 5.57 Å². The van der Waals surface area contributed by atoms with E-state index < -0.39 is 0 Å². The zero-order chi connectivity index (χ0) is 16.8.